The van der Waals surface area contributed by atoms with Crippen LogP contribution in [0.25, 0.3) is 21.8 Å². The molecule has 39 heavy (non-hydrogen) atoms. The van der Waals surface area contributed by atoms with Crippen molar-refractivity contribution in [2.45, 2.75) is 58.5 Å². The van der Waals surface area contributed by atoms with E-state index in [1.807, 2.05) is 24.4 Å². The smallest absolute Gasteiger partial charge is 0.226 e. The minimum absolute atomic E-state index is 0.218. The van der Waals surface area contributed by atoms with E-state index < -0.39 is 0 Å². The van der Waals surface area contributed by atoms with Gasteiger partial charge in [-0.05, 0) is 73.4 Å². The molecule has 202 valence electrons. The number of aromatic nitrogens is 2. The van der Waals surface area contributed by atoms with Crippen molar-refractivity contribution in [3.05, 3.63) is 76.0 Å². The molecule has 2 saturated carbocycles. The summed E-state index contributed by atoms with van der Waals surface area (Å²) in [5, 5.41) is 10.2. The number of amides is 1. The lowest BCUT2D eigenvalue weighted by Gasteiger charge is -2.32. The van der Waals surface area contributed by atoms with Crippen LogP contribution in [0.5, 0.6) is 0 Å². The van der Waals surface area contributed by atoms with Crippen LogP contribution in [-0.4, -0.2) is 26.9 Å². The van der Waals surface area contributed by atoms with Crippen molar-refractivity contribution >= 4 is 50.9 Å². The molecule has 0 N–H and O–H groups in total. The van der Waals surface area contributed by atoms with Gasteiger partial charge in [0.2, 0.25) is 5.91 Å². The van der Waals surface area contributed by atoms with Crippen LogP contribution < -0.4 is 0 Å². The molecular weight excluding hydrogens is 527 g/mol. The standard InChI is InChI=1S/C31H33Cl2N3O.CHN/c1-20-6-8-21(9-7-20)17-35(31(37)22-10-11-22)19-25-15-27-26-4-2-3-5-29(26)36(30(27)16-34-25)18-23-14-24(32)12-13-28(23)33;1-2/h2-5,12-16,20-22H,6-11,17-19H2,1H3;1H. The third-order valence-corrected chi connectivity index (χ3v) is 8.86. The maximum atomic E-state index is 13.3. The summed E-state index contributed by atoms with van der Waals surface area (Å²) in [5.74, 6) is 1.95. The largest absolute Gasteiger partial charge is 0.336 e. The number of carbonyl (C=O) groups is 1. The first-order valence-corrected chi connectivity index (χ1v) is 14.6. The Labute approximate surface area is 240 Å². The van der Waals surface area contributed by atoms with Crippen molar-refractivity contribution in [2.24, 2.45) is 17.8 Å². The van der Waals surface area contributed by atoms with Crippen LogP contribution in [0.4, 0.5) is 0 Å². The van der Waals surface area contributed by atoms with Crippen LogP contribution in [0.1, 0.15) is 56.7 Å². The van der Waals surface area contributed by atoms with E-state index in [1.165, 1.54) is 31.1 Å². The zero-order valence-corrected chi connectivity index (χ0v) is 23.8. The Balaban J connectivity index is 0.00000151. The van der Waals surface area contributed by atoms with Crippen LogP contribution in [0.3, 0.4) is 0 Å². The van der Waals surface area contributed by atoms with Gasteiger partial charge in [0.25, 0.3) is 0 Å². The molecule has 2 aromatic carbocycles. The van der Waals surface area contributed by atoms with E-state index in [1.54, 1.807) is 0 Å². The van der Waals surface area contributed by atoms with E-state index in [0.29, 0.717) is 35.0 Å². The zero-order chi connectivity index (χ0) is 27.5. The zero-order valence-electron chi connectivity index (χ0n) is 22.3. The second kappa shape index (κ2) is 12.0. The van der Waals surface area contributed by atoms with Crippen molar-refractivity contribution in [3.63, 3.8) is 0 Å². The lowest BCUT2D eigenvalue weighted by atomic mass is 9.83. The summed E-state index contributed by atoms with van der Waals surface area (Å²) < 4.78 is 2.26. The molecule has 6 rings (SSSR count). The van der Waals surface area contributed by atoms with Crippen LogP contribution >= 0.6 is 23.2 Å². The molecule has 0 spiro atoms. The number of hydrogen-bond acceptors (Lipinski definition) is 3. The van der Waals surface area contributed by atoms with Gasteiger partial charge in [-0.1, -0.05) is 61.2 Å². The van der Waals surface area contributed by atoms with Gasteiger partial charge >= 0.3 is 0 Å². The third kappa shape index (κ3) is 6.08. The maximum Gasteiger partial charge on any atom is 0.226 e. The van der Waals surface area contributed by atoms with Gasteiger partial charge in [-0.2, -0.15) is 0 Å². The minimum Gasteiger partial charge on any atom is -0.336 e. The minimum atomic E-state index is 0.218. The lowest BCUT2D eigenvalue weighted by molar-refractivity contribution is -0.134. The van der Waals surface area contributed by atoms with Gasteiger partial charge in [0.1, 0.15) is 0 Å². The maximum absolute atomic E-state index is 13.3. The van der Waals surface area contributed by atoms with E-state index in [4.69, 9.17) is 33.4 Å². The predicted molar refractivity (Wildman–Crippen MR) is 159 cm³/mol. The fourth-order valence-corrected chi connectivity index (χ4v) is 6.29. The fourth-order valence-electron chi connectivity index (χ4n) is 5.92. The first-order chi connectivity index (χ1) is 19.0. The molecule has 0 saturated heterocycles. The average Bonchev–Trinajstić information content (AvgIpc) is 3.77. The molecule has 2 heterocycles. The molecule has 0 atom stereocenters. The molecule has 2 fully saturated rings. The van der Waals surface area contributed by atoms with Gasteiger partial charge in [0.05, 0.1) is 24.0 Å². The van der Waals surface area contributed by atoms with E-state index in [2.05, 4.69) is 53.3 Å². The van der Waals surface area contributed by atoms with Crippen LogP contribution in [0.2, 0.25) is 10.0 Å². The van der Waals surface area contributed by atoms with E-state index in [-0.39, 0.29) is 5.92 Å². The molecule has 0 bridgehead atoms. The Kier molecular flexibility index (Phi) is 8.45. The molecule has 0 aliphatic heterocycles. The van der Waals surface area contributed by atoms with E-state index in [0.717, 1.165) is 53.0 Å². The van der Waals surface area contributed by atoms with Gasteiger partial charge < -0.3 is 9.47 Å². The SMILES string of the molecule is C#N.CC1CCC(CN(Cc2cc3c4ccccc4n(Cc4cc(Cl)ccc4Cl)c3cn2)C(=O)C2CC2)CC1. The fraction of sp³-hybridized carbons (Fsp3) is 0.406. The second-order valence-electron chi connectivity index (χ2n) is 11.2. The number of hydrogen-bond donors (Lipinski definition) is 0. The molecular formula is C32H34Cl2N4O. The number of benzene rings is 2. The Hall–Kier alpha value is -3.07. The summed E-state index contributed by atoms with van der Waals surface area (Å²) >= 11 is 12.8. The van der Waals surface area contributed by atoms with Crippen molar-refractivity contribution in [1.29, 1.82) is 5.26 Å². The third-order valence-electron chi connectivity index (χ3n) is 8.26. The molecule has 0 unspecified atom stereocenters. The highest BCUT2D eigenvalue weighted by atomic mass is 35.5. The summed E-state index contributed by atoms with van der Waals surface area (Å²) in [6.07, 6.45) is 9.02. The Bertz CT molecular complexity index is 1500. The molecule has 0 radical (unpaired) electrons. The number of carbonyl (C=O) groups excluding carboxylic acids is 1. The normalized spacial score (nSPS) is 19.0. The number of nitrogens with zero attached hydrogens (tertiary/aromatic N) is 4. The first-order valence-electron chi connectivity index (χ1n) is 13.8. The van der Waals surface area contributed by atoms with E-state index in [9.17, 15) is 4.79 Å². The van der Waals surface area contributed by atoms with Gasteiger partial charge in [0, 0.05) is 51.9 Å². The number of rotatable bonds is 7. The highest BCUT2D eigenvalue weighted by Gasteiger charge is 2.35. The molecule has 2 aliphatic carbocycles. The van der Waals surface area contributed by atoms with Crippen molar-refractivity contribution < 1.29 is 4.79 Å². The van der Waals surface area contributed by atoms with Crippen LogP contribution in [0.15, 0.2) is 54.7 Å². The highest BCUT2D eigenvalue weighted by Crippen LogP contribution is 2.35. The van der Waals surface area contributed by atoms with Crippen molar-refractivity contribution in [3.8, 4) is 6.57 Å². The van der Waals surface area contributed by atoms with Crippen LogP contribution in [0, 0.1) is 29.6 Å². The number of halogens is 2. The average molecular weight is 562 g/mol. The number of para-hydroxylation sites is 1. The number of pyridine rings is 1. The summed E-state index contributed by atoms with van der Waals surface area (Å²) in [6.45, 7) is 7.89. The predicted octanol–water partition coefficient (Wildman–Crippen LogP) is 8.25. The first kappa shape index (κ1) is 27.5. The topological polar surface area (TPSA) is 61.9 Å². The Morgan fingerprint density at radius 2 is 1.74 bits per heavy atom. The van der Waals surface area contributed by atoms with Gasteiger partial charge in [-0.15, -0.1) is 0 Å². The highest BCUT2D eigenvalue weighted by molar-refractivity contribution is 6.33. The summed E-state index contributed by atoms with van der Waals surface area (Å²) in [7, 11) is 0. The van der Waals surface area contributed by atoms with Gasteiger partial charge in [-0.3, -0.25) is 9.78 Å². The Morgan fingerprint density at radius 3 is 2.49 bits per heavy atom. The summed E-state index contributed by atoms with van der Waals surface area (Å²) in [5.41, 5.74) is 4.12. The van der Waals surface area contributed by atoms with Crippen LogP contribution in [-0.2, 0) is 17.9 Å². The molecule has 5 nitrogen and oxygen atoms in total. The molecule has 2 aromatic heterocycles. The van der Waals surface area contributed by atoms with Crippen molar-refractivity contribution in [2.75, 3.05) is 6.54 Å². The number of nitriles is 1. The second-order valence-corrected chi connectivity index (χ2v) is 12.0. The monoisotopic (exact) mass is 560 g/mol. The summed E-state index contributed by atoms with van der Waals surface area (Å²) in [6, 6.07) is 16.2. The quantitative estimate of drug-likeness (QED) is 0.228. The lowest BCUT2D eigenvalue weighted by Crippen LogP contribution is -2.37. The van der Waals surface area contributed by atoms with Gasteiger partial charge in [0.15, 0.2) is 0 Å². The molecule has 4 aromatic rings. The molecule has 7 heteroatoms. The van der Waals surface area contributed by atoms with Gasteiger partial charge in [-0.25, -0.2) is 5.26 Å². The summed E-state index contributed by atoms with van der Waals surface area (Å²) in [4.78, 5) is 20.2. The van der Waals surface area contributed by atoms with Crippen molar-refractivity contribution in [1.82, 2.24) is 14.5 Å². The Morgan fingerprint density at radius 1 is 1.00 bits per heavy atom. The number of fused-ring (bicyclic) bond motifs is 3. The molecule has 1 amide bonds. The van der Waals surface area contributed by atoms with E-state index >= 15 is 0 Å². The molecule has 2 aliphatic rings.